The van der Waals surface area contributed by atoms with Gasteiger partial charge in [-0.3, -0.25) is 0 Å². The van der Waals surface area contributed by atoms with Gasteiger partial charge in [-0.1, -0.05) is 13.8 Å². The summed E-state index contributed by atoms with van der Waals surface area (Å²) in [5, 5.41) is 3.31. The van der Waals surface area contributed by atoms with Gasteiger partial charge in [-0.2, -0.15) is 0 Å². The molecule has 0 radical (unpaired) electrons. The third-order valence-corrected chi connectivity index (χ3v) is 4.97. The van der Waals surface area contributed by atoms with Crippen LogP contribution in [0.5, 0.6) is 0 Å². The van der Waals surface area contributed by atoms with Crippen LogP contribution in [0.4, 0.5) is 0 Å². The third kappa shape index (κ3) is 4.39. The van der Waals surface area contributed by atoms with Crippen LogP contribution in [-0.2, 0) is 9.84 Å². The van der Waals surface area contributed by atoms with E-state index in [4.69, 9.17) is 5.73 Å². The predicted octanol–water partition coefficient (Wildman–Crippen LogP) is 0.527. The molecule has 0 saturated carbocycles. The second-order valence-electron chi connectivity index (χ2n) is 5.67. The van der Waals surface area contributed by atoms with Gasteiger partial charge in [0.25, 0.3) is 0 Å². The van der Waals surface area contributed by atoms with Gasteiger partial charge in [0.1, 0.15) is 0 Å². The molecule has 2 atom stereocenters. The molecule has 96 valence electrons. The van der Waals surface area contributed by atoms with Gasteiger partial charge in [-0.25, -0.2) is 8.42 Å². The lowest BCUT2D eigenvalue weighted by molar-refractivity contribution is 0.363. The van der Waals surface area contributed by atoms with E-state index in [0.717, 1.165) is 6.42 Å². The molecule has 5 heteroatoms. The zero-order valence-electron chi connectivity index (χ0n) is 10.5. The lowest BCUT2D eigenvalue weighted by Crippen LogP contribution is -2.48. The van der Waals surface area contributed by atoms with Crippen LogP contribution in [0.1, 0.15) is 33.6 Å². The zero-order valence-corrected chi connectivity index (χ0v) is 11.3. The maximum atomic E-state index is 11.4. The Bertz CT molecular complexity index is 327. The van der Waals surface area contributed by atoms with E-state index < -0.39 is 9.84 Å². The van der Waals surface area contributed by atoms with Gasteiger partial charge < -0.3 is 11.1 Å². The second kappa shape index (κ2) is 5.02. The van der Waals surface area contributed by atoms with Crippen molar-refractivity contribution in [2.24, 2.45) is 11.7 Å². The minimum absolute atomic E-state index is 0.111. The Labute approximate surface area is 98.9 Å². The van der Waals surface area contributed by atoms with Crippen molar-refractivity contribution >= 4 is 9.84 Å². The first-order valence-electron chi connectivity index (χ1n) is 5.93. The van der Waals surface area contributed by atoms with Crippen molar-refractivity contribution in [3.05, 3.63) is 0 Å². The summed E-state index contributed by atoms with van der Waals surface area (Å²) in [5.74, 6) is 1.13. The minimum Gasteiger partial charge on any atom is -0.327 e. The number of hydrogen-bond acceptors (Lipinski definition) is 4. The fourth-order valence-electron chi connectivity index (χ4n) is 2.22. The van der Waals surface area contributed by atoms with Crippen LogP contribution in [0.15, 0.2) is 0 Å². The van der Waals surface area contributed by atoms with E-state index in [1.54, 1.807) is 0 Å². The molecule has 2 unspecified atom stereocenters. The van der Waals surface area contributed by atoms with Crippen LogP contribution in [0.25, 0.3) is 0 Å². The predicted molar refractivity (Wildman–Crippen MR) is 67.1 cm³/mol. The highest BCUT2D eigenvalue weighted by molar-refractivity contribution is 7.91. The van der Waals surface area contributed by atoms with Crippen molar-refractivity contribution in [2.45, 2.75) is 45.2 Å². The highest BCUT2D eigenvalue weighted by atomic mass is 32.2. The molecule has 0 aliphatic carbocycles. The number of nitrogens with one attached hydrogen (secondary N) is 1. The number of hydrogen-bond donors (Lipinski definition) is 2. The van der Waals surface area contributed by atoms with Gasteiger partial charge in [0, 0.05) is 18.1 Å². The van der Waals surface area contributed by atoms with E-state index in [1.165, 1.54) is 0 Å². The Balaban J connectivity index is 2.38. The molecule has 0 spiro atoms. The Kier molecular flexibility index (Phi) is 4.37. The summed E-state index contributed by atoms with van der Waals surface area (Å²) in [6.07, 6.45) is 1.67. The normalized spacial score (nSPS) is 30.8. The highest BCUT2D eigenvalue weighted by Gasteiger charge is 2.37. The van der Waals surface area contributed by atoms with Crippen molar-refractivity contribution in [3.8, 4) is 0 Å². The molecule has 0 aromatic heterocycles. The van der Waals surface area contributed by atoms with Gasteiger partial charge in [-0.15, -0.1) is 0 Å². The highest BCUT2D eigenvalue weighted by Crippen LogP contribution is 2.22. The Morgan fingerprint density at radius 3 is 2.50 bits per heavy atom. The molecule has 1 fully saturated rings. The first kappa shape index (κ1) is 13.9. The Hall–Kier alpha value is -0.130. The molecule has 1 aliphatic heterocycles. The van der Waals surface area contributed by atoms with Gasteiger partial charge >= 0.3 is 0 Å². The van der Waals surface area contributed by atoms with Crippen molar-refractivity contribution < 1.29 is 8.42 Å². The number of nitrogens with two attached hydrogens (primary N) is 1. The smallest absolute Gasteiger partial charge is 0.152 e. The molecule has 1 aliphatic rings. The number of sulfone groups is 1. The summed E-state index contributed by atoms with van der Waals surface area (Å²) in [6.45, 7) is 6.95. The van der Waals surface area contributed by atoms with E-state index in [9.17, 15) is 8.42 Å². The quantitative estimate of drug-likeness (QED) is 0.744. The summed E-state index contributed by atoms with van der Waals surface area (Å²) in [6, 6.07) is 0.111. The summed E-state index contributed by atoms with van der Waals surface area (Å²) in [7, 11) is -2.83. The van der Waals surface area contributed by atoms with Crippen molar-refractivity contribution in [1.82, 2.24) is 5.32 Å². The molecule has 0 amide bonds. The van der Waals surface area contributed by atoms with Crippen LogP contribution < -0.4 is 11.1 Å². The molecule has 1 rings (SSSR count). The molecule has 0 aromatic carbocycles. The SMILES string of the molecule is CC(C)CC(N)CNC1(C)CCS(=O)(=O)C1. The molecule has 0 aromatic rings. The molecule has 3 N–H and O–H groups in total. The fraction of sp³-hybridized carbons (Fsp3) is 1.00. The maximum Gasteiger partial charge on any atom is 0.152 e. The van der Waals surface area contributed by atoms with E-state index in [0.29, 0.717) is 24.6 Å². The molecule has 16 heavy (non-hydrogen) atoms. The van der Waals surface area contributed by atoms with Crippen molar-refractivity contribution in [2.75, 3.05) is 18.1 Å². The van der Waals surface area contributed by atoms with E-state index in [1.807, 2.05) is 6.92 Å². The summed E-state index contributed by atoms with van der Waals surface area (Å²) >= 11 is 0. The van der Waals surface area contributed by atoms with Crippen LogP contribution >= 0.6 is 0 Å². The molecular formula is C11H24N2O2S. The Morgan fingerprint density at radius 2 is 2.06 bits per heavy atom. The topological polar surface area (TPSA) is 72.2 Å². The average Bonchev–Trinajstić information content (AvgIpc) is 2.37. The molecule has 1 saturated heterocycles. The lowest BCUT2D eigenvalue weighted by Gasteiger charge is -2.26. The van der Waals surface area contributed by atoms with Gasteiger partial charge in [-0.05, 0) is 25.7 Å². The van der Waals surface area contributed by atoms with Crippen molar-refractivity contribution in [3.63, 3.8) is 0 Å². The van der Waals surface area contributed by atoms with E-state index in [-0.39, 0.29) is 17.3 Å². The summed E-state index contributed by atoms with van der Waals surface area (Å²) in [5.41, 5.74) is 5.70. The molecule has 4 nitrogen and oxygen atoms in total. The molecular weight excluding hydrogens is 224 g/mol. The standard InChI is InChI=1S/C11H24N2O2S/c1-9(2)6-10(12)7-13-11(3)4-5-16(14,15)8-11/h9-10,13H,4-8,12H2,1-3H3. The van der Waals surface area contributed by atoms with Crippen LogP contribution in [0.2, 0.25) is 0 Å². The van der Waals surface area contributed by atoms with Crippen LogP contribution in [-0.4, -0.2) is 38.0 Å². The van der Waals surface area contributed by atoms with E-state index in [2.05, 4.69) is 19.2 Å². The monoisotopic (exact) mass is 248 g/mol. The first-order valence-corrected chi connectivity index (χ1v) is 7.76. The fourth-order valence-corrected chi connectivity index (χ4v) is 4.34. The molecule has 1 heterocycles. The lowest BCUT2D eigenvalue weighted by atomic mass is 10.00. The van der Waals surface area contributed by atoms with Gasteiger partial charge in [0.05, 0.1) is 11.5 Å². The Morgan fingerprint density at radius 1 is 1.44 bits per heavy atom. The number of rotatable bonds is 5. The van der Waals surface area contributed by atoms with Crippen LogP contribution in [0.3, 0.4) is 0 Å². The molecule has 0 bridgehead atoms. The summed E-state index contributed by atoms with van der Waals surface area (Å²) in [4.78, 5) is 0. The van der Waals surface area contributed by atoms with E-state index >= 15 is 0 Å². The van der Waals surface area contributed by atoms with Crippen molar-refractivity contribution in [1.29, 1.82) is 0 Å². The minimum atomic E-state index is -2.83. The van der Waals surface area contributed by atoms with Gasteiger partial charge in [0.15, 0.2) is 9.84 Å². The third-order valence-electron chi connectivity index (χ3n) is 3.07. The average molecular weight is 248 g/mol. The first-order chi connectivity index (χ1) is 7.22. The summed E-state index contributed by atoms with van der Waals surface area (Å²) < 4.78 is 22.8. The van der Waals surface area contributed by atoms with Crippen LogP contribution in [0, 0.1) is 5.92 Å². The largest absolute Gasteiger partial charge is 0.327 e. The zero-order chi connectivity index (χ0) is 12.4. The second-order valence-corrected chi connectivity index (χ2v) is 7.86. The maximum absolute atomic E-state index is 11.4. The van der Waals surface area contributed by atoms with Gasteiger partial charge in [0.2, 0.25) is 0 Å².